The highest BCUT2D eigenvalue weighted by molar-refractivity contribution is 9.10. The van der Waals surface area contributed by atoms with E-state index < -0.39 is 0 Å². The van der Waals surface area contributed by atoms with E-state index in [9.17, 15) is 4.79 Å². The molecule has 3 rings (SSSR count). The Labute approximate surface area is 160 Å². The van der Waals surface area contributed by atoms with Gasteiger partial charge in [0.2, 0.25) is 5.91 Å². The number of halogens is 1. The molecule has 0 bridgehead atoms. The number of carbonyl (C=O) groups is 1. The van der Waals surface area contributed by atoms with E-state index in [1.807, 2.05) is 32.2 Å². The van der Waals surface area contributed by atoms with Gasteiger partial charge in [-0.2, -0.15) is 0 Å². The van der Waals surface area contributed by atoms with Crippen molar-refractivity contribution in [1.82, 2.24) is 9.88 Å². The minimum atomic E-state index is -0.0224. The maximum absolute atomic E-state index is 12.3. The van der Waals surface area contributed by atoms with Gasteiger partial charge in [0.05, 0.1) is 18.8 Å². The molecule has 5 nitrogen and oxygen atoms in total. The minimum absolute atomic E-state index is 0.0224. The molecule has 1 aliphatic heterocycles. The maximum Gasteiger partial charge on any atom is 0.240 e. The molecule has 2 heterocycles. The van der Waals surface area contributed by atoms with Crippen LogP contribution < -0.4 is 5.32 Å². The number of nitrogens with zero attached hydrogens (tertiary/aromatic N) is 2. The van der Waals surface area contributed by atoms with Gasteiger partial charge in [0, 0.05) is 35.1 Å². The van der Waals surface area contributed by atoms with Crippen LogP contribution in [0.3, 0.4) is 0 Å². The number of aromatic nitrogens is 1. The molecular weight excluding hydrogens is 402 g/mol. The lowest BCUT2D eigenvalue weighted by Crippen LogP contribution is -2.48. The van der Waals surface area contributed by atoms with Crippen molar-refractivity contribution >= 4 is 38.3 Å². The van der Waals surface area contributed by atoms with Crippen LogP contribution in [0.1, 0.15) is 24.3 Å². The number of thiazole rings is 1. The summed E-state index contributed by atoms with van der Waals surface area (Å²) in [7, 11) is 0. The van der Waals surface area contributed by atoms with Gasteiger partial charge in [-0.25, -0.2) is 4.98 Å². The molecule has 0 saturated carbocycles. The van der Waals surface area contributed by atoms with Crippen LogP contribution in [0.15, 0.2) is 34.9 Å². The quantitative estimate of drug-likeness (QED) is 0.798. The van der Waals surface area contributed by atoms with Crippen LogP contribution in [-0.4, -0.2) is 47.6 Å². The molecule has 1 fully saturated rings. The lowest BCUT2D eigenvalue weighted by atomic mass is 10.1. The Kier molecular flexibility index (Phi) is 6.22. The number of amides is 1. The average Bonchev–Trinajstić information content (AvgIpc) is 2.95. The third-order valence-electron chi connectivity index (χ3n) is 3.95. The Morgan fingerprint density at radius 3 is 2.68 bits per heavy atom. The number of nitrogens with one attached hydrogen (secondary N) is 1. The first-order valence-electron chi connectivity index (χ1n) is 8.35. The number of morpholine rings is 1. The van der Waals surface area contributed by atoms with Gasteiger partial charge in [0.25, 0.3) is 0 Å². The van der Waals surface area contributed by atoms with E-state index in [0.717, 1.165) is 28.9 Å². The van der Waals surface area contributed by atoms with Crippen LogP contribution >= 0.6 is 27.3 Å². The number of ether oxygens (including phenoxy) is 1. The molecule has 1 N–H and O–H groups in total. The molecule has 7 heteroatoms. The Bertz CT molecular complexity index is 709. The molecule has 1 aromatic heterocycles. The Balaban J connectivity index is 1.52. The van der Waals surface area contributed by atoms with Crippen LogP contribution in [0.5, 0.6) is 0 Å². The zero-order valence-electron chi connectivity index (χ0n) is 14.4. The lowest BCUT2D eigenvalue weighted by molar-refractivity contribution is -0.121. The van der Waals surface area contributed by atoms with Gasteiger partial charge in [-0.05, 0) is 31.5 Å². The van der Waals surface area contributed by atoms with Crippen molar-refractivity contribution in [2.45, 2.75) is 32.5 Å². The van der Waals surface area contributed by atoms with E-state index in [1.54, 1.807) is 0 Å². The van der Waals surface area contributed by atoms with Crippen molar-refractivity contribution in [2.75, 3.05) is 25.0 Å². The van der Waals surface area contributed by atoms with Gasteiger partial charge in [0.15, 0.2) is 5.13 Å². The average molecular weight is 424 g/mol. The van der Waals surface area contributed by atoms with Crippen molar-refractivity contribution < 1.29 is 9.53 Å². The van der Waals surface area contributed by atoms with E-state index in [1.165, 1.54) is 16.9 Å². The SMILES string of the molecule is CC1CN(CC(=O)Nc2ncc(Cc3ccc(Br)cc3)s2)CC(C)O1. The van der Waals surface area contributed by atoms with Gasteiger partial charge >= 0.3 is 0 Å². The molecule has 1 aliphatic rings. The van der Waals surface area contributed by atoms with Crippen LogP contribution in [0.2, 0.25) is 0 Å². The molecule has 134 valence electrons. The molecular formula is C18H22BrN3O2S. The molecule has 1 aromatic carbocycles. The van der Waals surface area contributed by atoms with Crippen molar-refractivity contribution in [3.63, 3.8) is 0 Å². The monoisotopic (exact) mass is 423 g/mol. The second kappa shape index (κ2) is 8.40. The number of rotatable bonds is 5. The predicted molar refractivity (Wildman–Crippen MR) is 104 cm³/mol. The van der Waals surface area contributed by atoms with Gasteiger partial charge in [-0.3, -0.25) is 9.69 Å². The summed E-state index contributed by atoms with van der Waals surface area (Å²) in [5.41, 5.74) is 1.22. The van der Waals surface area contributed by atoms with Crippen LogP contribution in [-0.2, 0) is 16.0 Å². The smallest absolute Gasteiger partial charge is 0.240 e. The third-order valence-corrected chi connectivity index (χ3v) is 5.40. The standard InChI is InChI=1S/C18H22BrN3O2S/c1-12-9-22(10-13(2)24-12)11-17(23)21-18-20-8-16(25-18)7-14-3-5-15(19)6-4-14/h3-6,8,12-13H,7,9-11H2,1-2H3,(H,20,21,23). The molecule has 1 amide bonds. The second-order valence-electron chi connectivity index (χ2n) is 6.43. The zero-order valence-corrected chi connectivity index (χ0v) is 16.8. The van der Waals surface area contributed by atoms with Crippen molar-refractivity contribution in [3.8, 4) is 0 Å². The Morgan fingerprint density at radius 1 is 1.32 bits per heavy atom. The fourth-order valence-electron chi connectivity index (χ4n) is 3.03. The number of benzene rings is 1. The number of anilines is 1. The maximum atomic E-state index is 12.3. The Morgan fingerprint density at radius 2 is 2.00 bits per heavy atom. The molecule has 1 saturated heterocycles. The van der Waals surface area contributed by atoms with Crippen molar-refractivity contribution in [3.05, 3.63) is 45.4 Å². The summed E-state index contributed by atoms with van der Waals surface area (Å²) in [5, 5.41) is 3.57. The highest BCUT2D eigenvalue weighted by Crippen LogP contribution is 2.22. The summed E-state index contributed by atoms with van der Waals surface area (Å²) in [6.45, 7) is 6.01. The summed E-state index contributed by atoms with van der Waals surface area (Å²) >= 11 is 4.97. The molecule has 25 heavy (non-hydrogen) atoms. The van der Waals surface area contributed by atoms with Crippen molar-refractivity contribution in [1.29, 1.82) is 0 Å². The van der Waals surface area contributed by atoms with Crippen LogP contribution in [0.4, 0.5) is 5.13 Å². The van der Waals surface area contributed by atoms with E-state index >= 15 is 0 Å². The number of hydrogen-bond donors (Lipinski definition) is 1. The van der Waals surface area contributed by atoms with E-state index in [2.05, 4.69) is 43.3 Å². The number of carbonyl (C=O) groups excluding carboxylic acids is 1. The van der Waals surface area contributed by atoms with Gasteiger partial charge in [0.1, 0.15) is 0 Å². The Hall–Kier alpha value is -1.28. The lowest BCUT2D eigenvalue weighted by Gasteiger charge is -2.34. The minimum Gasteiger partial charge on any atom is -0.373 e. The van der Waals surface area contributed by atoms with Gasteiger partial charge in [-0.15, -0.1) is 11.3 Å². The molecule has 0 spiro atoms. The molecule has 2 aromatic rings. The first-order chi connectivity index (χ1) is 12.0. The summed E-state index contributed by atoms with van der Waals surface area (Å²) in [5.74, 6) is -0.0224. The van der Waals surface area contributed by atoms with Crippen LogP contribution in [0.25, 0.3) is 0 Å². The summed E-state index contributed by atoms with van der Waals surface area (Å²) < 4.78 is 6.77. The third kappa shape index (κ3) is 5.60. The normalized spacial score (nSPS) is 21.2. The molecule has 2 unspecified atom stereocenters. The predicted octanol–water partition coefficient (Wildman–Crippen LogP) is 3.54. The topological polar surface area (TPSA) is 54.5 Å². The van der Waals surface area contributed by atoms with E-state index in [-0.39, 0.29) is 18.1 Å². The first kappa shape index (κ1) is 18.5. The fourth-order valence-corrected chi connectivity index (χ4v) is 4.15. The summed E-state index contributed by atoms with van der Waals surface area (Å²) in [6, 6.07) is 8.23. The van der Waals surface area contributed by atoms with E-state index in [4.69, 9.17) is 4.74 Å². The first-order valence-corrected chi connectivity index (χ1v) is 9.95. The molecule has 2 atom stereocenters. The van der Waals surface area contributed by atoms with Gasteiger partial charge < -0.3 is 10.1 Å². The highest BCUT2D eigenvalue weighted by atomic mass is 79.9. The number of hydrogen-bond acceptors (Lipinski definition) is 5. The van der Waals surface area contributed by atoms with E-state index in [0.29, 0.717) is 11.7 Å². The molecule has 0 aliphatic carbocycles. The van der Waals surface area contributed by atoms with Gasteiger partial charge in [-0.1, -0.05) is 28.1 Å². The van der Waals surface area contributed by atoms with Crippen molar-refractivity contribution in [2.24, 2.45) is 0 Å². The molecule has 0 radical (unpaired) electrons. The second-order valence-corrected chi connectivity index (χ2v) is 8.47. The highest BCUT2D eigenvalue weighted by Gasteiger charge is 2.23. The summed E-state index contributed by atoms with van der Waals surface area (Å²) in [4.78, 5) is 19.9. The van der Waals surface area contributed by atoms with Crippen LogP contribution in [0, 0.1) is 0 Å². The fraction of sp³-hybridized carbons (Fsp3) is 0.444. The summed E-state index contributed by atoms with van der Waals surface area (Å²) in [6.07, 6.45) is 2.98. The largest absolute Gasteiger partial charge is 0.373 e. The zero-order chi connectivity index (χ0) is 17.8.